The molecule has 0 heterocycles. The van der Waals surface area contributed by atoms with Gasteiger partial charge in [-0.15, -0.1) is 0 Å². The minimum Gasteiger partial charge on any atom is -0.372 e. The van der Waals surface area contributed by atoms with E-state index in [0.29, 0.717) is 25.2 Å². The highest BCUT2D eigenvalue weighted by Gasteiger charge is 2.29. The van der Waals surface area contributed by atoms with Crippen LogP contribution in [0.25, 0.3) is 0 Å². The second kappa shape index (κ2) is 12.3. The third kappa shape index (κ3) is 7.21. The Morgan fingerprint density at radius 3 is 2.31 bits per heavy atom. The zero-order valence-electron chi connectivity index (χ0n) is 15.6. The molecule has 142 valence electrons. The second-order valence-corrected chi connectivity index (χ2v) is 8.11. The van der Waals surface area contributed by atoms with E-state index < -0.39 is 0 Å². The van der Waals surface area contributed by atoms with Crippen molar-refractivity contribution in [3.63, 3.8) is 0 Å². The number of hydrogen-bond acceptors (Lipinski definition) is 3. The third-order valence-electron chi connectivity index (χ3n) is 5.18. The van der Waals surface area contributed by atoms with E-state index >= 15 is 0 Å². The summed E-state index contributed by atoms with van der Waals surface area (Å²) in [6.45, 7) is 0.376. The minimum atomic E-state index is -0.244. The van der Waals surface area contributed by atoms with Crippen molar-refractivity contribution >= 4 is 21.7 Å². The van der Waals surface area contributed by atoms with Gasteiger partial charge in [-0.1, -0.05) is 73.0 Å². The first-order chi connectivity index (χ1) is 12.7. The Balaban J connectivity index is 2.16. The first-order valence-corrected chi connectivity index (χ1v) is 10.8. The number of Topliss-reactive ketones (excluding diaryl/α,β-unsaturated/α-hetero) is 1. The molecule has 1 aromatic carbocycles. The predicted octanol–water partition coefficient (Wildman–Crippen LogP) is 6.52. The van der Waals surface area contributed by atoms with Crippen molar-refractivity contribution in [2.75, 3.05) is 6.61 Å². The number of nitrogens with zero attached hydrogens (tertiary/aromatic N) is 1. The van der Waals surface area contributed by atoms with Gasteiger partial charge in [-0.25, -0.2) is 0 Å². The molecule has 1 fully saturated rings. The van der Waals surface area contributed by atoms with Gasteiger partial charge < -0.3 is 4.74 Å². The van der Waals surface area contributed by atoms with Crippen LogP contribution < -0.4 is 0 Å². The highest BCUT2D eigenvalue weighted by Crippen LogP contribution is 2.33. The van der Waals surface area contributed by atoms with Gasteiger partial charge in [-0.2, -0.15) is 5.26 Å². The van der Waals surface area contributed by atoms with E-state index in [-0.39, 0.29) is 12.0 Å². The van der Waals surface area contributed by atoms with Crippen LogP contribution in [-0.2, 0) is 9.53 Å². The highest BCUT2D eigenvalue weighted by molar-refractivity contribution is 9.10. The molecule has 0 spiro atoms. The summed E-state index contributed by atoms with van der Waals surface area (Å²) in [5, 5.41) is 8.85. The number of ether oxygens (including phenoxy) is 1. The van der Waals surface area contributed by atoms with Crippen LogP contribution in [0.15, 0.2) is 28.7 Å². The van der Waals surface area contributed by atoms with Crippen LogP contribution in [0.4, 0.5) is 0 Å². The molecule has 4 heteroatoms. The van der Waals surface area contributed by atoms with Crippen molar-refractivity contribution in [1.82, 2.24) is 0 Å². The number of benzene rings is 1. The number of hydrogen-bond donors (Lipinski definition) is 0. The first kappa shape index (κ1) is 21.1. The summed E-state index contributed by atoms with van der Waals surface area (Å²) in [5.74, 6) is 0.227. The minimum absolute atomic E-state index is 0.103. The average Bonchev–Trinajstić information content (AvgIpc) is 2.64. The molecule has 0 unspecified atom stereocenters. The maximum atomic E-state index is 13.0. The molecule has 2 atom stereocenters. The molecule has 1 aromatic rings. The quantitative estimate of drug-likeness (QED) is 0.510. The number of rotatable bonds is 5. The zero-order valence-corrected chi connectivity index (χ0v) is 17.2. The summed E-state index contributed by atoms with van der Waals surface area (Å²) < 4.78 is 7.10. The topological polar surface area (TPSA) is 50.1 Å². The molecular formula is C22H30BrNO2. The molecular weight excluding hydrogens is 390 g/mol. The van der Waals surface area contributed by atoms with Gasteiger partial charge in [0.1, 0.15) is 5.78 Å². The number of ketones is 1. The molecule has 0 saturated heterocycles. The van der Waals surface area contributed by atoms with Gasteiger partial charge in [0, 0.05) is 16.8 Å². The Bertz CT molecular complexity index is 579. The van der Waals surface area contributed by atoms with Crippen LogP contribution in [0.5, 0.6) is 0 Å². The Morgan fingerprint density at radius 1 is 1.04 bits per heavy atom. The highest BCUT2D eigenvalue weighted by atomic mass is 79.9. The fraction of sp³-hybridized carbons (Fsp3) is 0.636. The second-order valence-electron chi connectivity index (χ2n) is 7.19. The van der Waals surface area contributed by atoms with E-state index in [4.69, 9.17) is 10.00 Å². The van der Waals surface area contributed by atoms with Crippen LogP contribution in [0.2, 0.25) is 0 Å². The number of halogens is 1. The normalized spacial score (nSPS) is 21.2. The fourth-order valence-corrected chi connectivity index (χ4v) is 3.98. The Kier molecular flexibility index (Phi) is 9.95. The maximum Gasteiger partial charge on any atom is 0.138 e. The fourth-order valence-electron chi connectivity index (χ4n) is 3.72. The largest absolute Gasteiger partial charge is 0.372 e. The Labute approximate surface area is 166 Å². The van der Waals surface area contributed by atoms with Crippen LogP contribution in [0.1, 0.15) is 82.3 Å². The van der Waals surface area contributed by atoms with Gasteiger partial charge in [0.2, 0.25) is 0 Å². The van der Waals surface area contributed by atoms with Crippen molar-refractivity contribution in [1.29, 1.82) is 5.26 Å². The van der Waals surface area contributed by atoms with Crippen LogP contribution in [0, 0.1) is 17.2 Å². The number of carbonyl (C=O) groups excluding carboxylic acids is 1. The maximum absolute atomic E-state index is 13.0. The van der Waals surface area contributed by atoms with E-state index in [1.54, 1.807) is 0 Å². The van der Waals surface area contributed by atoms with Crippen LogP contribution in [0.3, 0.4) is 0 Å². The van der Waals surface area contributed by atoms with Gasteiger partial charge >= 0.3 is 0 Å². The van der Waals surface area contributed by atoms with E-state index in [9.17, 15) is 4.79 Å². The van der Waals surface area contributed by atoms with E-state index in [1.807, 2.05) is 24.3 Å². The molecule has 0 bridgehead atoms. The molecule has 0 N–H and O–H groups in total. The summed E-state index contributed by atoms with van der Waals surface area (Å²) in [6.07, 6.45) is 11.2. The van der Waals surface area contributed by atoms with Crippen molar-refractivity contribution in [3.05, 3.63) is 34.3 Å². The van der Waals surface area contributed by atoms with Gasteiger partial charge in [0.15, 0.2) is 0 Å². The Morgan fingerprint density at radius 2 is 1.65 bits per heavy atom. The standard InChI is InChI=1S/C22H30BrNO2/c23-19-14-12-18(13-15-19)22(26-17-9-16-24)20-10-7-5-3-1-2-4-6-8-11-21(20)25/h12-15,20,22H,1-11,17H2/t20-,22+/m0/s1. The van der Waals surface area contributed by atoms with E-state index in [1.165, 1.54) is 32.1 Å². The third-order valence-corrected chi connectivity index (χ3v) is 5.71. The molecule has 26 heavy (non-hydrogen) atoms. The SMILES string of the molecule is N#CCCO[C@H](c1ccc(Br)cc1)[C@H]1CCCCCCCCCCC1=O. The van der Waals surface area contributed by atoms with Crippen molar-refractivity contribution in [2.45, 2.75) is 76.7 Å². The van der Waals surface area contributed by atoms with Gasteiger partial charge in [-0.3, -0.25) is 4.79 Å². The summed E-state index contributed by atoms with van der Waals surface area (Å²) >= 11 is 3.47. The molecule has 0 amide bonds. The first-order valence-electron chi connectivity index (χ1n) is 9.99. The lowest BCUT2D eigenvalue weighted by Crippen LogP contribution is -2.25. The van der Waals surface area contributed by atoms with E-state index in [2.05, 4.69) is 22.0 Å². The van der Waals surface area contributed by atoms with Gasteiger partial charge in [-0.05, 0) is 30.5 Å². The summed E-state index contributed by atoms with van der Waals surface area (Å²) in [6, 6.07) is 10.2. The smallest absolute Gasteiger partial charge is 0.138 e. The lowest BCUT2D eigenvalue weighted by Gasteiger charge is -2.27. The average molecular weight is 420 g/mol. The van der Waals surface area contributed by atoms with Crippen molar-refractivity contribution in [3.8, 4) is 6.07 Å². The van der Waals surface area contributed by atoms with Crippen molar-refractivity contribution in [2.24, 2.45) is 5.92 Å². The van der Waals surface area contributed by atoms with Crippen molar-refractivity contribution < 1.29 is 9.53 Å². The molecule has 1 aliphatic rings. The monoisotopic (exact) mass is 419 g/mol. The lowest BCUT2D eigenvalue weighted by molar-refractivity contribution is -0.129. The number of nitriles is 1. The zero-order chi connectivity index (χ0) is 18.6. The van der Waals surface area contributed by atoms with E-state index in [0.717, 1.165) is 35.7 Å². The molecule has 3 nitrogen and oxygen atoms in total. The van der Waals surface area contributed by atoms with Crippen LogP contribution in [-0.4, -0.2) is 12.4 Å². The van der Waals surface area contributed by atoms with Gasteiger partial charge in [0.25, 0.3) is 0 Å². The Hall–Kier alpha value is -1.18. The lowest BCUT2D eigenvalue weighted by atomic mass is 9.84. The molecule has 1 saturated carbocycles. The summed E-state index contributed by atoms with van der Waals surface area (Å²) in [4.78, 5) is 13.0. The predicted molar refractivity (Wildman–Crippen MR) is 108 cm³/mol. The number of carbonyl (C=O) groups is 1. The van der Waals surface area contributed by atoms with Gasteiger partial charge in [0.05, 0.1) is 25.2 Å². The molecule has 2 rings (SSSR count). The summed E-state index contributed by atoms with van der Waals surface area (Å²) in [7, 11) is 0. The van der Waals surface area contributed by atoms with Crippen LogP contribution >= 0.6 is 15.9 Å². The molecule has 0 aromatic heterocycles. The molecule has 0 aliphatic heterocycles. The molecule has 0 radical (unpaired) electrons. The summed E-state index contributed by atoms with van der Waals surface area (Å²) in [5.41, 5.74) is 1.04. The molecule has 1 aliphatic carbocycles.